The molecule has 5 nitrogen and oxygen atoms in total. The van der Waals surface area contributed by atoms with E-state index < -0.39 is 6.43 Å². The summed E-state index contributed by atoms with van der Waals surface area (Å²) in [5, 5.41) is 7.31. The lowest BCUT2D eigenvalue weighted by Gasteiger charge is -2.24. The number of anilines is 1. The highest BCUT2D eigenvalue weighted by Crippen LogP contribution is 2.25. The van der Waals surface area contributed by atoms with Crippen LogP contribution in [0, 0.1) is 0 Å². The summed E-state index contributed by atoms with van der Waals surface area (Å²) in [6, 6.07) is 9.93. The highest BCUT2D eigenvalue weighted by molar-refractivity contribution is 8.14. The van der Waals surface area contributed by atoms with E-state index >= 15 is 0 Å². The molecule has 1 aromatic heterocycles. The van der Waals surface area contributed by atoms with Gasteiger partial charge in [0.25, 0.3) is 6.43 Å². The number of alkyl halides is 2. The lowest BCUT2D eigenvalue weighted by atomic mass is 10.1. The molecular weight excluding hydrogens is 344 g/mol. The smallest absolute Gasteiger partial charge is 0.278 e. The van der Waals surface area contributed by atoms with Gasteiger partial charge in [-0.15, -0.1) is 10.7 Å². The first-order valence-corrected chi connectivity index (χ1v) is 9.31. The molecule has 8 heteroatoms. The van der Waals surface area contributed by atoms with Crippen molar-refractivity contribution >= 4 is 33.7 Å². The second-order valence-electron chi connectivity index (χ2n) is 5.48. The van der Waals surface area contributed by atoms with E-state index in [2.05, 4.69) is 30.3 Å². The molecule has 0 spiro atoms. The molecule has 0 N–H and O–H groups in total. The summed E-state index contributed by atoms with van der Waals surface area (Å²) in [7, 11) is -0.244. The van der Waals surface area contributed by atoms with Gasteiger partial charge in [0.1, 0.15) is 11.5 Å². The predicted octanol–water partition coefficient (Wildman–Crippen LogP) is 3.54. The summed E-state index contributed by atoms with van der Waals surface area (Å²) in [5.41, 5.74) is 1.90. The van der Waals surface area contributed by atoms with Crippen LogP contribution in [0.1, 0.15) is 17.8 Å². The number of aromatic nitrogens is 2. The Labute approximate surface area is 147 Å². The Morgan fingerprint density at radius 3 is 2.40 bits per heavy atom. The Bertz CT molecular complexity index is 819. The number of rotatable bonds is 6. The van der Waals surface area contributed by atoms with Crippen molar-refractivity contribution in [2.75, 3.05) is 10.6 Å². The molecule has 2 aromatic rings. The fourth-order valence-electron chi connectivity index (χ4n) is 2.34. The van der Waals surface area contributed by atoms with Crippen molar-refractivity contribution in [1.29, 1.82) is 0 Å². The van der Waals surface area contributed by atoms with E-state index in [0.717, 1.165) is 5.69 Å². The molecule has 0 saturated carbocycles. The van der Waals surface area contributed by atoms with E-state index in [1.54, 1.807) is 12.4 Å². The van der Waals surface area contributed by atoms with Crippen LogP contribution in [0.2, 0.25) is 0 Å². The van der Waals surface area contributed by atoms with Crippen molar-refractivity contribution in [1.82, 2.24) is 9.97 Å². The van der Waals surface area contributed by atoms with Gasteiger partial charge in [-0.2, -0.15) is 10.2 Å². The van der Waals surface area contributed by atoms with Crippen molar-refractivity contribution in [3.05, 3.63) is 54.1 Å². The molecule has 0 radical (unpaired) electrons. The maximum absolute atomic E-state index is 12.6. The summed E-state index contributed by atoms with van der Waals surface area (Å²) in [6.07, 6.45) is 2.68. The molecule has 3 rings (SSSR count). The molecular formula is C17H17F2N5S. The Kier molecular flexibility index (Phi) is 5.28. The average Bonchev–Trinajstić information content (AvgIpc) is 3.11. The average molecular weight is 361 g/mol. The van der Waals surface area contributed by atoms with Gasteiger partial charge in [0.05, 0.1) is 12.3 Å². The molecule has 0 aliphatic carbocycles. The van der Waals surface area contributed by atoms with E-state index in [-0.39, 0.29) is 22.8 Å². The Balaban J connectivity index is 1.71. The first-order chi connectivity index (χ1) is 12.0. The highest BCUT2D eigenvalue weighted by atomic mass is 32.2. The molecule has 0 bridgehead atoms. The minimum Gasteiger partial charge on any atom is -0.315 e. The van der Waals surface area contributed by atoms with Crippen LogP contribution in [0.15, 0.2) is 52.9 Å². The highest BCUT2D eigenvalue weighted by Gasteiger charge is 2.22. The zero-order valence-electron chi connectivity index (χ0n) is 13.6. The van der Waals surface area contributed by atoms with E-state index in [0.29, 0.717) is 23.6 Å². The van der Waals surface area contributed by atoms with Crippen LogP contribution in [0.3, 0.4) is 0 Å². The maximum Gasteiger partial charge on any atom is 0.278 e. The van der Waals surface area contributed by atoms with Gasteiger partial charge in [-0.1, -0.05) is 24.1 Å². The fraction of sp³-hybridized carbons (Fsp3) is 0.235. The van der Waals surface area contributed by atoms with Crippen molar-refractivity contribution in [2.45, 2.75) is 19.4 Å². The second kappa shape index (κ2) is 7.60. The van der Waals surface area contributed by atoms with Gasteiger partial charge < -0.3 is 4.31 Å². The summed E-state index contributed by atoms with van der Waals surface area (Å²) < 4.78 is 27.4. The topological polar surface area (TPSA) is 53.7 Å². The van der Waals surface area contributed by atoms with Gasteiger partial charge >= 0.3 is 0 Å². The standard InChI is InChI=1S/C17H17F2N5S/c1-25(2)24(13-6-4-3-5-7-13)11-16-20-9-12(10-21-16)14-8-15(17(18)19)23-22-14/h3-7,9-10,17H,1,8,11H2,2H3. The van der Waals surface area contributed by atoms with Gasteiger partial charge in [0, 0.05) is 30.1 Å². The normalized spacial score (nSPS) is 15.0. The lowest BCUT2D eigenvalue weighted by molar-refractivity contribution is 0.224. The Hall–Kier alpha value is -2.48. The molecule has 0 fully saturated rings. The van der Waals surface area contributed by atoms with Gasteiger partial charge in [0.15, 0.2) is 0 Å². The number of nitrogens with zero attached hydrogens (tertiary/aromatic N) is 5. The third-order valence-electron chi connectivity index (χ3n) is 3.64. The zero-order chi connectivity index (χ0) is 17.8. The summed E-state index contributed by atoms with van der Waals surface area (Å²) in [6.45, 7) is 0.513. The molecule has 0 amide bonds. The molecule has 1 atom stereocenters. The third-order valence-corrected chi connectivity index (χ3v) is 4.74. The Morgan fingerprint density at radius 1 is 1.16 bits per heavy atom. The second-order valence-corrected chi connectivity index (χ2v) is 7.12. The number of halogens is 2. The zero-order valence-corrected chi connectivity index (χ0v) is 14.5. The SMILES string of the molecule is C=S(C)N(Cc1ncc(C2=NN=C(C(F)F)C2)cn1)c1ccccc1. The molecule has 25 heavy (non-hydrogen) atoms. The number of hydrogen-bond donors (Lipinski definition) is 0. The van der Waals surface area contributed by atoms with Crippen molar-refractivity contribution in [3.63, 3.8) is 0 Å². The number of benzene rings is 1. The number of para-hydroxylation sites is 1. The largest absolute Gasteiger partial charge is 0.315 e. The minimum atomic E-state index is -2.58. The van der Waals surface area contributed by atoms with E-state index in [4.69, 9.17) is 0 Å². The van der Waals surface area contributed by atoms with Crippen LogP contribution in [0.25, 0.3) is 0 Å². The molecule has 0 saturated heterocycles. The van der Waals surface area contributed by atoms with E-state index in [1.807, 2.05) is 36.6 Å². The molecule has 1 aromatic carbocycles. The van der Waals surface area contributed by atoms with Crippen LogP contribution >= 0.6 is 10.7 Å². The first-order valence-electron chi connectivity index (χ1n) is 7.55. The lowest BCUT2D eigenvalue weighted by Crippen LogP contribution is -2.18. The summed E-state index contributed by atoms with van der Waals surface area (Å²) in [5.74, 6) is 4.74. The summed E-state index contributed by atoms with van der Waals surface area (Å²) in [4.78, 5) is 8.69. The monoisotopic (exact) mass is 361 g/mol. The Morgan fingerprint density at radius 2 is 1.84 bits per heavy atom. The summed E-state index contributed by atoms with van der Waals surface area (Å²) >= 11 is 0. The van der Waals surface area contributed by atoms with Gasteiger partial charge in [-0.3, -0.25) is 0 Å². The molecule has 1 aliphatic rings. The van der Waals surface area contributed by atoms with Crippen LogP contribution in [0.5, 0.6) is 0 Å². The number of hydrogen-bond acceptors (Lipinski definition) is 5. The first kappa shape index (κ1) is 17.3. The van der Waals surface area contributed by atoms with Gasteiger partial charge in [-0.25, -0.2) is 18.7 Å². The van der Waals surface area contributed by atoms with Crippen molar-refractivity contribution in [2.24, 2.45) is 10.2 Å². The van der Waals surface area contributed by atoms with Crippen LogP contribution in [-0.4, -0.2) is 39.9 Å². The maximum atomic E-state index is 12.6. The quantitative estimate of drug-likeness (QED) is 0.740. The molecule has 1 unspecified atom stereocenters. The van der Waals surface area contributed by atoms with Gasteiger partial charge in [0.2, 0.25) is 0 Å². The minimum absolute atomic E-state index is 0.0355. The van der Waals surface area contributed by atoms with Crippen LogP contribution in [0.4, 0.5) is 14.5 Å². The predicted molar refractivity (Wildman–Crippen MR) is 99.9 cm³/mol. The molecule has 2 heterocycles. The van der Waals surface area contributed by atoms with Crippen molar-refractivity contribution in [3.8, 4) is 0 Å². The van der Waals surface area contributed by atoms with Gasteiger partial charge in [-0.05, 0) is 18.4 Å². The van der Waals surface area contributed by atoms with Crippen LogP contribution < -0.4 is 4.31 Å². The third kappa shape index (κ3) is 4.14. The molecule has 130 valence electrons. The fourth-order valence-corrected chi connectivity index (χ4v) is 3.15. The van der Waals surface area contributed by atoms with Crippen LogP contribution in [-0.2, 0) is 6.54 Å². The van der Waals surface area contributed by atoms with E-state index in [9.17, 15) is 8.78 Å². The van der Waals surface area contributed by atoms with E-state index in [1.165, 1.54) is 0 Å². The molecule has 1 aliphatic heterocycles. The van der Waals surface area contributed by atoms with Crippen molar-refractivity contribution < 1.29 is 8.78 Å².